The maximum atomic E-state index is 6.01. The smallest absolute Gasteiger partial charge is 0.145 e. The molecule has 3 aromatic rings. The van der Waals surface area contributed by atoms with E-state index >= 15 is 0 Å². The van der Waals surface area contributed by atoms with Crippen LogP contribution in [0.3, 0.4) is 0 Å². The molecule has 29 heavy (non-hydrogen) atoms. The van der Waals surface area contributed by atoms with Gasteiger partial charge in [0.15, 0.2) is 0 Å². The number of pyridine rings is 1. The minimum atomic E-state index is 0.0276. The Morgan fingerprint density at radius 2 is 2.28 bits per heavy atom. The summed E-state index contributed by atoms with van der Waals surface area (Å²) in [6.07, 6.45) is 10.5. The lowest BCUT2D eigenvalue weighted by molar-refractivity contribution is 0.0788. The van der Waals surface area contributed by atoms with Crippen LogP contribution in [0.25, 0.3) is 17.0 Å². The molecule has 0 spiro atoms. The van der Waals surface area contributed by atoms with Crippen molar-refractivity contribution in [3.8, 4) is 17.1 Å². The topological polar surface area (TPSA) is 85.6 Å². The highest BCUT2D eigenvalue weighted by atomic mass is 16.5. The largest absolute Gasteiger partial charge is 0.488 e. The molecule has 2 unspecified atom stereocenters. The number of aromatic nitrogens is 4. The fourth-order valence-corrected chi connectivity index (χ4v) is 3.58. The van der Waals surface area contributed by atoms with Crippen LogP contribution in [-0.2, 0) is 4.74 Å². The fourth-order valence-electron chi connectivity index (χ4n) is 3.58. The molecular weight excluding hydrogens is 368 g/mol. The summed E-state index contributed by atoms with van der Waals surface area (Å²) >= 11 is 0. The highest BCUT2D eigenvalue weighted by Crippen LogP contribution is 2.23. The summed E-state index contributed by atoms with van der Waals surface area (Å²) in [6.45, 7) is 4.68. The highest BCUT2D eigenvalue weighted by Gasteiger charge is 2.15. The second kappa shape index (κ2) is 9.19. The highest BCUT2D eigenvalue weighted by molar-refractivity contribution is 5.61. The lowest BCUT2D eigenvalue weighted by Crippen LogP contribution is -2.38. The number of imidazole rings is 1. The first-order valence-corrected chi connectivity index (χ1v) is 10.2. The first-order valence-electron chi connectivity index (χ1n) is 10.2. The van der Waals surface area contributed by atoms with Crippen molar-refractivity contribution in [2.24, 2.45) is 0 Å². The summed E-state index contributed by atoms with van der Waals surface area (Å²) in [7, 11) is 1.69. The quantitative estimate of drug-likeness (QED) is 0.605. The van der Waals surface area contributed by atoms with E-state index in [1.54, 1.807) is 19.5 Å². The number of nitrogens with one attached hydrogen (secondary N) is 2. The Kier molecular flexibility index (Phi) is 6.21. The Bertz CT molecular complexity index is 938. The SMILES string of the molecule is CCC(COC)Oc1ccn2c(-c3cncc(NC4CCCNC4)n3)cnc2c1. The van der Waals surface area contributed by atoms with E-state index in [9.17, 15) is 0 Å². The van der Waals surface area contributed by atoms with Gasteiger partial charge in [-0.05, 0) is 31.9 Å². The molecule has 8 nitrogen and oxygen atoms in total. The molecule has 4 heterocycles. The van der Waals surface area contributed by atoms with Crippen molar-refractivity contribution in [3.63, 3.8) is 0 Å². The minimum absolute atomic E-state index is 0.0276. The van der Waals surface area contributed by atoms with Gasteiger partial charge in [0.05, 0.1) is 30.9 Å². The maximum absolute atomic E-state index is 6.01. The minimum Gasteiger partial charge on any atom is -0.488 e. The van der Waals surface area contributed by atoms with Gasteiger partial charge < -0.3 is 20.1 Å². The average molecular weight is 396 g/mol. The van der Waals surface area contributed by atoms with E-state index in [0.29, 0.717) is 12.6 Å². The van der Waals surface area contributed by atoms with Crippen LogP contribution in [-0.4, -0.2) is 58.3 Å². The van der Waals surface area contributed by atoms with Gasteiger partial charge >= 0.3 is 0 Å². The number of piperidine rings is 1. The molecule has 8 heteroatoms. The molecule has 0 saturated carbocycles. The zero-order valence-corrected chi connectivity index (χ0v) is 17.0. The molecule has 3 aromatic heterocycles. The van der Waals surface area contributed by atoms with Gasteiger partial charge in [-0.1, -0.05) is 6.92 Å². The first kappa shape index (κ1) is 19.6. The van der Waals surface area contributed by atoms with Crippen LogP contribution in [0.1, 0.15) is 26.2 Å². The fraction of sp³-hybridized carbons (Fsp3) is 0.476. The van der Waals surface area contributed by atoms with Crippen LogP contribution < -0.4 is 15.4 Å². The first-order chi connectivity index (χ1) is 14.3. The normalized spacial score (nSPS) is 17.9. The van der Waals surface area contributed by atoms with Crippen LogP contribution in [0.2, 0.25) is 0 Å². The third kappa shape index (κ3) is 4.65. The molecule has 2 atom stereocenters. The van der Waals surface area contributed by atoms with Crippen molar-refractivity contribution in [2.75, 3.05) is 32.1 Å². The summed E-state index contributed by atoms with van der Waals surface area (Å²) in [6, 6.07) is 4.26. The third-order valence-electron chi connectivity index (χ3n) is 5.14. The van der Waals surface area contributed by atoms with Gasteiger partial charge in [0, 0.05) is 32.0 Å². The Morgan fingerprint density at radius 3 is 3.07 bits per heavy atom. The van der Waals surface area contributed by atoms with E-state index in [1.807, 2.05) is 28.9 Å². The number of anilines is 1. The van der Waals surface area contributed by atoms with Crippen molar-refractivity contribution >= 4 is 11.5 Å². The van der Waals surface area contributed by atoms with Crippen molar-refractivity contribution in [3.05, 3.63) is 36.9 Å². The monoisotopic (exact) mass is 396 g/mol. The van der Waals surface area contributed by atoms with E-state index in [-0.39, 0.29) is 6.10 Å². The molecular formula is C21H28N6O2. The molecule has 0 aliphatic carbocycles. The van der Waals surface area contributed by atoms with Gasteiger partial charge in [0.1, 0.15) is 29.0 Å². The molecule has 0 amide bonds. The summed E-state index contributed by atoms with van der Waals surface area (Å²) in [5.74, 6) is 1.57. The number of hydrogen-bond acceptors (Lipinski definition) is 7. The van der Waals surface area contributed by atoms with Crippen molar-refractivity contribution < 1.29 is 9.47 Å². The van der Waals surface area contributed by atoms with E-state index in [2.05, 4.69) is 27.5 Å². The predicted molar refractivity (Wildman–Crippen MR) is 112 cm³/mol. The predicted octanol–water partition coefficient (Wildman–Crippen LogP) is 2.76. The number of ether oxygens (including phenoxy) is 2. The summed E-state index contributed by atoms with van der Waals surface area (Å²) in [5.41, 5.74) is 2.49. The number of fused-ring (bicyclic) bond motifs is 1. The van der Waals surface area contributed by atoms with Crippen LogP contribution >= 0.6 is 0 Å². The van der Waals surface area contributed by atoms with Crippen LogP contribution in [0, 0.1) is 0 Å². The zero-order chi connectivity index (χ0) is 20.1. The Hall–Kier alpha value is -2.71. The van der Waals surface area contributed by atoms with E-state index in [4.69, 9.17) is 14.5 Å². The van der Waals surface area contributed by atoms with Crippen molar-refractivity contribution in [1.82, 2.24) is 24.7 Å². The standard InChI is InChI=1S/C21H28N6O2/c1-3-16(14-28-2)29-17-6-8-27-19(12-24-21(27)9-17)18-11-23-13-20(26-18)25-15-5-4-7-22-10-15/h6,8-9,11-13,15-16,22H,3-5,7,10,14H2,1-2H3,(H,25,26). The second-order valence-electron chi connectivity index (χ2n) is 7.31. The number of nitrogens with zero attached hydrogens (tertiary/aromatic N) is 4. The van der Waals surface area contributed by atoms with Crippen molar-refractivity contribution in [1.29, 1.82) is 0 Å². The zero-order valence-electron chi connectivity index (χ0n) is 17.0. The number of hydrogen-bond donors (Lipinski definition) is 2. The summed E-state index contributed by atoms with van der Waals surface area (Å²) in [5, 5.41) is 6.89. The van der Waals surface area contributed by atoms with E-state index < -0.39 is 0 Å². The third-order valence-corrected chi connectivity index (χ3v) is 5.14. The van der Waals surface area contributed by atoms with Crippen molar-refractivity contribution in [2.45, 2.75) is 38.3 Å². The van der Waals surface area contributed by atoms with E-state index in [1.165, 1.54) is 6.42 Å². The molecule has 1 aliphatic heterocycles. The lowest BCUT2D eigenvalue weighted by Gasteiger charge is -2.24. The van der Waals surface area contributed by atoms with Gasteiger partial charge in [-0.15, -0.1) is 0 Å². The number of rotatable bonds is 8. The maximum Gasteiger partial charge on any atom is 0.145 e. The Balaban J connectivity index is 1.54. The molecule has 0 bridgehead atoms. The number of methoxy groups -OCH3 is 1. The molecule has 0 radical (unpaired) electrons. The second-order valence-corrected chi connectivity index (χ2v) is 7.31. The Morgan fingerprint density at radius 1 is 1.34 bits per heavy atom. The molecule has 154 valence electrons. The lowest BCUT2D eigenvalue weighted by atomic mass is 10.1. The summed E-state index contributed by atoms with van der Waals surface area (Å²) < 4.78 is 13.2. The van der Waals surface area contributed by atoms with Gasteiger partial charge in [0.25, 0.3) is 0 Å². The molecule has 4 rings (SSSR count). The van der Waals surface area contributed by atoms with Gasteiger partial charge in [0.2, 0.25) is 0 Å². The molecule has 0 aromatic carbocycles. The van der Waals surface area contributed by atoms with E-state index in [0.717, 1.165) is 54.5 Å². The molecule has 2 N–H and O–H groups in total. The Labute approximate surface area is 170 Å². The van der Waals surface area contributed by atoms with Gasteiger partial charge in [-0.25, -0.2) is 9.97 Å². The van der Waals surface area contributed by atoms with Crippen LogP contribution in [0.15, 0.2) is 36.9 Å². The molecule has 1 aliphatic rings. The van der Waals surface area contributed by atoms with Crippen LogP contribution in [0.5, 0.6) is 5.75 Å². The van der Waals surface area contributed by atoms with Crippen LogP contribution in [0.4, 0.5) is 5.82 Å². The van der Waals surface area contributed by atoms with Gasteiger partial charge in [-0.3, -0.25) is 9.38 Å². The average Bonchev–Trinajstić information content (AvgIpc) is 3.17. The van der Waals surface area contributed by atoms with Gasteiger partial charge in [-0.2, -0.15) is 0 Å². The molecule has 1 fully saturated rings. The summed E-state index contributed by atoms with van der Waals surface area (Å²) in [4.78, 5) is 13.7. The molecule has 1 saturated heterocycles.